The van der Waals surface area contributed by atoms with Crippen molar-refractivity contribution in [3.63, 3.8) is 0 Å². The molecule has 1 aliphatic heterocycles. The zero-order valence-corrected chi connectivity index (χ0v) is 16.6. The molecule has 3 heterocycles. The molecule has 0 aliphatic carbocycles. The molecule has 0 spiro atoms. The van der Waals surface area contributed by atoms with Crippen molar-refractivity contribution in [2.75, 3.05) is 36.5 Å². The summed E-state index contributed by atoms with van der Waals surface area (Å²) in [5.74, 6) is 1.12. The standard InChI is InChI=1S/C20H20N4O4S/c1-2-27-15-7-5-14(6-8-15)24-10-9-23(20(24)26)12-18(25)22-19-21-16(13-29-19)17-4-3-11-28-17/h3-8,11,13H,2,9-10,12H2,1H3,(H,21,22,25). The molecule has 9 heteroatoms. The van der Waals surface area contributed by atoms with Gasteiger partial charge in [0, 0.05) is 24.2 Å². The van der Waals surface area contributed by atoms with E-state index >= 15 is 0 Å². The predicted octanol–water partition coefficient (Wildman–Crippen LogP) is 3.68. The minimum Gasteiger partial charge on any atom is -0.494 e. The third kappa shape index (κ3) is 4.24. The predicted molar refractivity (Wildman–Crippen MR) is 110 cm³/mol. The summed E-state index contributed by atoms with van der Waals surface area (Å²) in [5.41, 5.74) is 1.44. The van der Waals surface area contributed by atoms with Crippen LogP contribution in [0.5, 0.6) is 5.75 Å². The van der Waals surface area contributed by atoms with Crippen molar-refractivity contribution >= 4 is 34.1 Å². The third-order valence-corrected chi connectivity index (χ3v) is 5.17. The van der Waals surface area contributed by atoms with Crippen molar-refractivity contribution in [1.29, 1.82) is 0 Å². The molecule has 1 fully saturated rings. The normalized spacial score (nSPS) is 13.8. The maximum Gasteiger partial charge on any atom is 0.325 e. The Morgan fingerprint density at radius 3 is 2.83 bits per heavy atom. The van der Waals surface area contributed by atoms with Crippen LogP contribution in [0, 0.1) is 0 Å². The molecule has 0 radical (unpaired) electrons. The third-order valence-electron chi connectivity index (χ3n) is 4.41. The number of thiazole rings is 1. The smallest absolute Gasteiger partial charge is 0.325 e. The zero-order chi connectivity index (χ0) is 20.2. The van der Waals surface area contributed by atoms with Crippen LogP contribution in [-0.4, -0.2) is 48.1 Å². The van der Waals surface area contributed by atoms with Crippen LogP contribution in [-0.2, 0) is 4.79 Å². The molecule has 1 saturated heterocycles. The van der Waals surface area contributed by atoms with Crippen molar-refractivity contribution in [1.82, 2.24) is 9.88 Å². The molecule has 0 atom stereocenters. The number of carbonyl (C=O) groups excluding carboxylic acids is 2. The summed E-state index contributed by atoms with van der Waals surface area (Å²) >= 11 is 1.31. The van der Waals surface area contributed by atoms with E-state index in [1.165, 1.54) is 16.2 Å². The summed E-state index contributed by atoms with van der Waals surface area (Å²) < 4.78 is 10.7. The lowest BCUT2D eigenvalue weighted by Gasteiger charge is -2.18. The SMILES string of the molecule is CCOc1ccc(N2CCN(CC(=O)Nc3nc(-c4ccco4)cs3)C2=O)cc1. The van der Waals surface area contributed by atoms with E-state index in [9.17, 15) is 9.59 Å². The van der Waals surface area contributed by atoms with Crippen LogP contribution >= 0.6 is 11.3 Å². The van der Waals surface area contributed by atoms with Crippen molar-refractivity contribution < 1.29 is 18.7 Å². The first-order valence-corrected chi connectivity index (χ1v) is 10.1. The first-order valence-electron chi connectivity index (χ1n) is 9.22. The van der Waals surface area contributed by atoms with Crippen LogP contribution in [0.25, 0.3) is 11.5 Å². The molecule has 8 nitrogen and oxygen atoms in total. The fraction of sp³-hybridized carbons (Fsp3) is 0.250. The maximum atomic E-state index is 12.7. The second-order valence-electron chi connectivity index (χ2n) is 6.35. The number of ether oxygens (including phenoxy) is 1. The van der Waals surface area contributed by atoms with Crippen molar-refractivity contribution in [3.8, 4) is 17.2 Å². The topological polar surface area (TPSA) is 87.9 Å². The second-order valence-corrected chi connectivity index (χ2v) is 7.20. The van der Waals surface area contributed by atoms with E-state index < -0.39 is 0 Å². The monoisotopic (exact) mass is 412 g/mol. The molecule has 4 rings (SSSR count). The number of nitrogens with one attached hydrogen (secondary N) is 1. The van der Waals surface area contributed by atoms with Gasteiger partial charge in [0.2, 0.25) is 5.91 Å². The highest BCUT2D eigenvalue weighted by molar-refractivity contribution is 7.14. The summed E-state index contributed by atoms with van der Waals surface area (Å²) in [7, 11) is 0. The number of rotatable bonds is 7. The zero-order valence-electron chi connectivity index (χ0n) is 15.8. The molecule has 29 heavy (non-hydrogen) atoms. The summed E-state index contributed by atoms with van der Waals surface area (Å²) in [6.45, 7) is 3.49. The Morgan fingerprint density at radius 1 is 1.28 bits per heavy atom. The lowest BCUT2D eigenvalue weighted by molar-refractivity contribution is -0.116. The van der Waals surface area contributed by atoms with Crippen LogP contribution < -0.4 is 15.0 Å². The van der Waals surface area contributed by atoms with Crippen LogP contribution in [0.2, 0.25) is 0 Å². The van der Waals surface area contributed by atoms with E-state index in [1.807, 2.05) is 36.6 Å². The van der Waals surface area contributed by atoms with E-state index in [-0.39, 0.29) is 18.5 Å². The van der Waals surface area contributed by atoms with Gasteiger partial charge in [-0.2, -0.15) is 0 Å². The first-order chi connectivity index (χ1) is 14.1. The fourth-order valence-corrected chi connectivity index (χ4v) is 3.77. The van der Waals surface area contributed by atoms with E-state index in [0.717, 1.165) is 11.4 Å². The van der Waals surface area contributed by atoms with Gasteiger partial charge in [-0.1, -0.05) is 0 Å². The highest BCUT2D eigenvalue weighted by Crippen LogP contribution is 2.26. The average Bonchev–Trinajstić information content (AvgIpc) is 3.45. The lowest BCUT2D eigenvalue weighted by atomic mass is 10.3. The van der Waals surface area contributed by atoms with Gasteiger partial charge in [-0.3, -0.25) is 9.69 Å². The quantitative estimate of drug-likeness (QED) is 0.640. The van der Waals surface area contributed by atoms with Gasteiger partial charge in [0.25, 0.3) is 0 Å². The van der Waals surface area contributed by atoms with Gasteiger partial charge in [-0.15, -0.1) is 11.3 Å². The highest BCUT2D eigenvalue weighted by Gasteiger charge is 2.31. The van der Waals surface area contributed by atoms with Gasteiger partial charge < -0.3 is 19.4 Å². The molecule has 1 aromatic carbocycles. The Bertz CT molecular complexity index is 984. The van der Waals surface area contributed by atoms with Gasteiger partial charge in [-0.25, -0.2) is 9.78 Å². The van der Waals surface area contributed by atoms with Gasteiger partial charge >= 0.3 is 6.03 Å². The fourth-order valence-electron chi connectivity index (χ4n) is 3.06. The number of benzene rings is 1. The Morgan fingerprint density at radius 2 is 2.10 bits per heavy atom. The number of anilines is 2. The molecule has 0 bridgehead atoms. The Labute approximate surface area is 171 Å². The number of furan rings is 1. The van der Waals surface area contributed by atoms with Gasteiger partial charge in [0.15, 0.2) is 10.9 Å². The van der Waals surface area contributed by atoms with Crippen LogP contribution in [0.3, 0.4) is 0 Å². The van der Waals surface area contributed by atoms with Gasteiger partial charge in [-0.05, 0) is 43.3 Å². The molecule has 1 N–H and O–H groups in total. The average molecular weight is 412 g/mol. The Balaban J connectivity index is 1.34. The molecule has 0 saturated carbocycles. The molecule has 3 aromatic rings. The minimum absolute atomic E-state index is 0.0258. The summed E-state index contributed by atoms with van der Waals surface area (Å²) in [6, 6.07) is 10.7. The number of urea groups is 1. The van der Waals surface area contributed by atoms with Crippen LogP contribution in [0.1, 0.15) is 6.92 Å². The van der Waals surface area contributed by atoms with Crippen molar-refractivity contribution in [2.45, 2.75) is 6.92 Å². The van der Waals surface area contributed by atoms with Crippen LogP contribution in [0.4, 0.5) is 15.6 Å². The minimum atomic E-state index is -0.285. The summed E-state index contributed by atoms with van der Waals surface area (Å²) in [6.07, 6.45) is 1.57. The van der Waals surface area contributed by atoms with E-state index in [4.69, 9.17) is 9.15 Å². The van der Waals surface area contributed by atoms with Crippen molar-refractivity contribution in [3.05, 3.63) is 48.0 Å². The van der Waals surface area contributed by atoms with E-state index in [2.05, 4.69) is 10.3 Å². The largest absolute Gasteiger partial charge is 0.494 e. The number of nitrogens with zero attached hydrogens (tertiary/aromatic N) is 3. The molecule has 150 valence electrons. The molecule has 2 aromatic heterocycles. The number of aromatic nitrogens is 1. The van der Waals surface area contributed by atoms with Gasteiger partial charge in [0.05, 0.1) is 12.9 Å². The first kappa shape index (κ1) is 19.0. The number of hydrogen-bond acceptors (Lipinski definition) is 6. The lowest BCUT2D eigenvalue weighted by Crippen LogP contribution is -2.37. The summed E-state index contributed by atoms with van der Waals surface area (Å²) in [5, 5.41) is 5.02. The van der Waals surface area contributed by atoms with E-state index in [0.29, 0.717) is 36.3 Å². The number of hydrogen-bond donors (Lipinski definition) is 1. The highest BCUT2D eigenvalue weighted by atomic mass is 32.1. The second kappa shape index (κ2) is 8.36. The van der Waals surface area contributed by atoms with E-state index in [1.54, 1.807) is 23.3 Å². The number of carbonyl (C=O) groups is 2. The molecule has 3 amide bonds. The van der Waals surface area contributed by atoms with Gasteiger partial charge in [0.1, 0.15) is 18.0 Å². The summed E-state index contributed by atoms with van der Waals surface area (Å²) in [4.78, 5) is 32.6. The molecule has 1 aliphatic rings. The maximum absolute atomic E-state index is 12.7. The Hall–Kier alpha value is -3.33. The van der Waals surface area contributed by atoms with Crippen LogP contribution in [0.15, 0.2) is 52.5 Å². The van der Waals surface area contributed by atoms with Crippen molar-refractivity contribution in [2.24, 2.45) is 0 Å². The molecular weight excluding hydrogens is 392 g/mol. The molecular formula is C20H20N4O4S. The molecule has 0 unspecified atom stereocenters. The number of amides is 3. The Kier molecular flexibility index (Phi) is 5.48.